The van der Waals surface area contributed by atoms with E-state index in [-0.39, 0.29) is 43.3 Å². The van der Waals surface area contributed by atoms with Crippen LogP contribution in [0.1, 0.15) is 78.6 Å². The number of amides is 1. The van der Waals surface area contributed by atoms with Crippen molar-refractivity contribution in [2.75, 3.05) is 32.9 Å². The fourth-order valence-corrected chi connectivity index (χ4v) is 3.32. The Labute approximate surface area is 191 Å². The third kappa shape index (κ3) is 11.5. The number of nitrogens with zero attached hydrogens (tertiary/aromatic N) is 1. The molecule has 1 N–H and O–H groups in total. The third-order valence-corrected chi connectivity index (χ3v) is 5.47. The van der Waals surface area contributed by atoms with Crippen LogP contribution in [0.15, 0.2) is 0 Å². The highest BCUT2D eigenvalue weighted by atomic mass is 16.5. The van der Waals surface area contributed by atoms with Gasteiger partial charge in [0.15, 0.2) is 0 Å². The number of rotatable bonds is 13. The van der Waals surface area contributed by atoms with Gasteiger partial charge in [-0.3, -0.25) is 19.2 Å². The average molecular weight is 457 g/mol. The Kier molecular flexibility index (Phi) is 14.3. The molecule has 0 atom stereocenters. The van der Waals surface area contributed by atoms with Crippen molar-refractivity contribution in [2.45, 2.75) is 90.6 Å². The van der Waals surface area contributed by atoms with Crippen LogP contribution in [0.3, 0.4) is 0 Å². The van der Waals surface area contributed by atoms with E-state index < -0.39 is 5.97 Å². The molecule has 0 heterocycles. The molecular formula is C23H40N2O7. The van der Waals surface area contributed by atoms with Crippen molar-refractivity contribution in [3.05, 3.63) is 0 Å². The van der Waals surface area contributed by atoms with Crippen LogP contribution in [-0.2, 0) is 33.4 Å². The van der Waals surface area contributed by atoms with Gasteiger partial charge in [0.2, 0.25) is 5.91 Å². The summed E-state index contributed by atoms with van der Waals surface area (Å²) in [5, 5.41) is 3.31. The lowest BCUT2D eigenvalue weighted by atomic mass is 9.91. The van der Waals surface area contributed by atoms with Crippen molar-refractivity contribution >= 4 is 23.8 Å². The fraction of sp³-hybridized carbons (Fsp3) is 0.826. The summed E-state index contributed by atoms with van der Waals surface area (Å²) in [4.78, 5) is 47.3. The van der Waals surface area contributed by atoms with Crippen molar-refractivity contribution in [2.24, 2.45) is 0 Å². The van der Waals surface area contributed by atoms with E-state index in [4.69, 9.17) is 14.2 Å². The first kappa shape index (κ1) is 27.9. The fourth-order valence-electron chi connectivity index (χ4n) is 3.32. The average Bonchev–Trinajstić information content (AvgIpc) is 2.66. The molecule has 0 aliphatic heterocycles. The van der Waals surface area contributed by atoms with Crippen molar-refractivity contribution in [1.82, 2.24) is 10.2 Å². The predicted molar refractivity (Wildman–Crippen MR) is 119 cm³/mol. The van der Waals surface area contributed by atoms with E-state index in [0.29, 0.717) is 32.2 Å². The molecule has 32 heavy (non-hydrogen) atoms. The summed E-state index contributed by atoms with van der Waals surface area (Å²) in [7, 11) is 0. The van der Waals surface area contributed by atoms with Crippen LogP contribution in [0, 0.1) is 0 Å². The standard InChI is InChI=1S/C14H23NO5.C9H17NO2/c1-3-19-13(17)8-9-15(11-6-5-7-11)12(16)10-14(18)20-4-2;1-2-12-9(11)6-7-10-8-4-3-5-8/h11H,3-10H2,1-2H3;8,10H,2-7H2,1H3. The molecule has 2 aliphatic rings. The maximum absolute atomic E-state index is 12.1. The molecule has 2 saturated carbocycles. The molecule has 0 unspecified atom stereocenters. The number of carbonyl (C=O) groups is 4. The van der Waals surface area contributed by atoms with Gasteiger partial charge < -0.3 is 24.4 Å². The number of esters is 3. The van der Waals surface area contributed by atoms with Gasteiger partial charge in [0.05, 0.1) is 32.7 Å². The van der Waals surface area contributed by atoms with Gasteiger partial charge in [-0.25, -0.2) is 0 Å². The molecule has 0 aromatic heterocycles. The molecule has 0 spiro atoms. The van der Waals surface area contributed by atoms with Gasteiger partial charge in [-0.1, -0.05) is 6.42 Å². The first-order valence-corrected chi connectivity index (χ1v) is 11.9. The molecule has 9 nitrogen and oxygen atoms in total. The molecule has 0 radical (unpaired) electrons. The Morgan fingerprint density at radius 1 is 0.781 bits per heavy atom. The minimum Gasteiger partial charge on any atom is -0.466 e. The molecular weight excluding hydrogens is 416 g/mol. The van der Waals surface area contributed by atoms with Crippen LogP contribution in [0.4, 0.5) is 0 Å². The summed E-state index contributed by atoms with van der Waals surface area (Å²) >= 11 is 0. The van der Waals surface area contributed by atoms with Crippen LogP contribution in [0.25, 0.3) is 0 Å². The van der Waals surface area contributed by atoms with Gasteiger partial charge in [-0.15, -0.1) is 0 Å². The Hall–Kier alpha value is -2.16. The van der Waals surface area contributed by atoms with Crippen LogP contribution in [0.2, 0.25) is 0 Å². The van der Waals surface area contributed by atoms with Crippen molar-refractivity contribution in [3.8, 4) is 0 Å². The van der Waals surface area contributed by atoms with E-state index in [1.54, 1.807) is 18.7 Å². The predicted octanol–water partition coefficient (Wildman–Crippen LogP) is 2.36. The second-order valence-corrected chi connectivity index (χ2v) is 7.85. The van der Waals surface area contributed by atoms with Gasteiger partial charge in [-0.05, 0) is 52.9 Å². The highest BCUT2D eigenvalue weighted by Crippen LogP contribution is 2.25. The molecule has 2 aliphatic carbocycles. The molecule has 0 aromatic rings. The zero-order chi connectivity index (χ0) is 23.8. The SMILES string of the molecule is CCOC(=O)CCN(C(=O)CC(=O)OCC)C1CCC1.CCOC(=O)CCNC1CCC1. The first-order valence-electron chi connectivity index (χ1n) is 11.9. The summed E-state index contributed by atoms with van der Waals surface area (Å²) in [6.45, 7) is 7.43. The van der Waals surface area contributed by atoms with Gasteiger partial charge >= 0.3 is 17.9 Å². The van der Waals surface area contributed by atoms with Gasteiger partial charge in [0.25, 0.3) is 0 Å². The Morgan fingerprint density at radius 2 is 1.31 bits per heavy atom. The second-order valence-electron chi connectivity index (χ2n) is 7.85. The molecule has 0 saturated heterocycles. The lowest BCUT2D eigenvalue weighted by Gasteiger charge is -2.37. The summed E-state index contributed by atoms with van der Waals surface area (Å²) in [6, 6.07) is 0.811. The summed E-state index contributed by atoms with van der Waals surface area (Å²) in [6.07, 6.45) is 7.21. The van der Waals surface area contributed by atoms with E-state index in [2.05, 4.69) is 5.32 Å². The maximum atomic E-state index is 12.1. The topological polar surface area (TPSA) is 111 Å². The van der Waals surface area contributed by atoms with Gasteiger partial charge in [-0.2, -0.15) is 0 Å². The van der Waals surface area contributed by atoms with Crippen LogP contribution < -0.4 is 5.32 Å². The van der Waals surface area contributed by atoms with Crippen LogP contribution in [-0.4, -0.2) is 73.7 Å². The smallest absolute Gasteiger partial charge is 0.315 e. The lowest BCUT2D eigenvalue weighted by Crippen LogP contribution is -2.46. The molecule has 2 fully saturated rings. The van der Waals surface area contributed by atoms with Crippen molar-refractivity contribution < 1.29 is 33.4 Å². The summed E-state index contributed by atoms with van der Waals surface area (Å²) in [5.74, 6) is -1.19. The minimum absolute atomic E-state index is 0.0932. The number of hydrogen-bond donors (Lipinski definition) is 1. The van der Waals surface area contributed by atoms with E-state index in [9.17, 15) is 19.2 Å². The molecule has 0 bridgehead atoms. The molecule has 1 amide bonds. The lowest BCUT2D eigenvalue weighted by molar-refractivity contribution is -0.150. The summed E-state index contributed by atoms with van der Waals surface area (Å²) < 4.78 is 14.4. The number of hydrogen-bond acceptors (Lipinski definition) is 8. The van der Waals surface area contributed by atoms with Crippen molar-refractivity contribution in [1.29, 1.82) is 0 Å². The second kappa shape index (κ2) is 16.5. The Morgan fingerprint density at radius 3 is 1.78 bits per heavy atom. The van der Waals surface area contributed by atoms with E-state index in [1.165, 1.54) is 19.3 Å². The molecule has 9 heteroatoms. The van der Waals surface area contributed by atoms with Gasteiger partial charge in [0, 0.05) is 25.2 Å². The number of nitrogens with one attached hydrogen (secondary N) is 1. The van der Waals surface area contributed by atoms with Gasteiger partial charge in [0.1, 0.15) is 6.42 Å². The summed E-state index contributed by atoms with van der Waals surface area (Å²) in [5.41, 5.74) is 0. The number of carbonyl (C=O) groups excluding carboxylic acids is 4. The normalized spacial score (nSPS) is 15.3. The molecule has 0 aromatic carbocycles. The zero-order valence-corrected chi connectivity index (χ0v) is 19.9. The van der Waals surface area contributed by atoms with Crippen molar-refractivity contribution in [3.63, 3.8) is 0 Å². The first-order chi connectivity index (χ1) is 15.4. The molecule has 184 valence electrons. The highest BCUT2D eigenvalue weighted by molar-refractivity contribution is 5.94. The quantitative estimate of drug-likeness (QED) is 0.255. The largest absolute Gasteiger partial charge is 0.466 e. The van der Waals surface area contributed by atoms with E-state index >= 15 is 0 Å². The van der Waals surface area contributed by atoms with E-state index in [1.807, 2.05) is 6.92 Å². The van der Waals surface area contributed by atoms with E-state index in [0.717, 1.165) is 25.8 Å². The highest BCUT2D eigenvalue weighted by Gasteiger charge is 2.30. The minimum atomic E-state index is -0.516. The zero-order valence-electron chi connectivity index (χ0n) is 19.9. The Bertz CT molecular complexity index is 589. The third-order valence-electron chi connectivity index (χ3n) is 5.47. The maximum Gasteiger partial charge on any atom is 0.315 e. The Balaban J connectivity index is 0.000000363. The number of ether oxygens (including phenoxy) is 3. The van der Waals surface area contributed by atoms with Crippen LogP contribution >= 0.6 is 0 Å². The van der Waals surface area contributed by atoms with Crippen LogP contribution in [0.5, 0.6) is 0 Å². The monoisotopic (exact) mass is 456 g/mol. The molecule has 2 rings (SSSR count).